The van der Waals surface area contributed by atoms with Crippen LogP contribution in [-0.2, 0) is 0 Å². The molecule has 1 unspecified atom stereocenters. The molecule has 1 fully saturated rings. The van der Waals surface area contributed by atoms with Crippen molar-refractivity contribution in [3.05, 3.63) is 28.9 Å². The average molecular weight is 291 g/mol. The highest BCUT2D eigenvalue weighted by molar-refractivity contribution is 6.31. The molecule has 20 heavy (non-hydrogen) atoms. The lowest BCUT2D eigenvalue weighted by molar-refractivity contribution is 0.187. The van der Waals surface area contributed by atoms with Crippen LogP contribution in [0.3, 0.4) is 0 Å². The van der Waals surface area contributed by atoms with Crippen LogP contribution in [-0.4, -0.2) is 35.7 Å². The van der Waals surface area contributed by atoms with Gasteiger partial charge in [-0.3, -0.25) is 0 Å². The van der Waals surface area contributed by atoms with Gasteiger partial charge >= 0.3 is 0 Å². The van der Waals surface area contributed by atoms with Gasteiger partial charge in [0.15, 0.2) is 0 Å². The third-order valence-corrected chi connectivity index (χ3v) is 4.74. The molecular weight excluding hydrogens is 272 g/mol. The fraction of sp³-hybridized carbons (Fsp3) is 0.500. The van der Waals surface area contributed by atoms with Crippen molar-refractivity contribution in [2.75, 3.05) is 26.2 Å². The number of likely N-dealkylation sites (tertiary alicyclic amines) is 1. The topological polar surface area (TPSA) is 17.4 Å². The van der Waals surface area contributed by atoms with Gasteiger partial charge in [-0.2, -0.15) is 0 Å². The molecule has 2 aromatic rings. The molecule has 2 aliphatic rings. The van der Waals surface area contributed by atoms with E-state index in [1.807, 2.05) is 12.1 Å². The van der Waals surface area contributed by atoms with Gasteiger partial charge in [0.2, 0.25) is 0 Å². The molecular formula is C16H19ClN2O. The van der Waals surface area contributed by atoms with Crippen molar-refractivity contribution >= 4 is 22.5 Å². The van der Waals surface area contributed by atoms with Gasteiger partial charge in [0.25, 0.3) is 0 Å². The second-order valence-corrected chi connectivity index (χ2v) is 6.41. The minimum absolute atomic E-state index is 0.416. The molecule has 1 atom stereocenters. The van der Waals surface area contributed by atoms with Crippen LogP contribution < -0.4 is 4.74 Å². The number of benzene rings is 1. The second kappa shape index (κ2) is 4.68. The molecule has 4 heteroatoms. The first-order valence-electron chi connectivity index (χ1n) is 7.38. The van der Waals surface area contributed by atoms with E-state index in [9.17, 15) is 0 Å². The van der Waals surface area contributed by atoms with Gasteiger partial charge in [0.05, 0.1) is 11.6 Å². The van der Waals surface area contributed by atoms with Crippen molar-refractivity contribution in [2.24, 2.45) is 0 Å². The Morgan fingerprint density at radius 1 is 1.25 bits per heavy atom. The molecule has 0 aliphatic carbocycles. The number of halogens is 1. The Morgan fingerprint density at radius 2 is 2.05 bits per heavy atom. The van der Waals surface area contributed by atoms with Crippen molar-refractivity contribution in [3.63, 3.8) is 0 Å². The summed E-state index contributed by atoms with van der Waals surface area (Å²) in [5, 5.41) is 1.94. The van der Waals surface area contributed by atoms with Crippen molar-refractivity contribution in [3.8, 4) is 5.75 Å². The number of hydrogen-bond donors (Lipinski definition) is 0. The van der Waals surface area contributed by atoms with E-state index >= 15 is 0 Å². The molecule has 2 aliphatic heterocycles. The van der Waals surface area contributed by atoms with Crippen molar-refractivity contribution < 1.29 is 4.74 Å². The molecule has 0 saturated carbocycles. The van der Waals surface area contributed by atoms with Gasteiger partial charge in [-0.15, -0.1) is 0 Å². The molecule has 0 bridgehead atoms. The quantitative estimate of drug-likeness (QED) is 0.840. The Balaban J connectivity index is 1.77. The van der Waals surface area contributed by atoms with Gasteiger partial charge in [-0.25, -0.2) is 0 Å². The molecule has 0 spiro atoms. The van der Waals surface area contributed by atoms with E-state index in [4.69, 9.17) is 16.3 Å². The first-order valence-corrected chi connectivity index (χ1v) is 7.76. The van der Waals surface area contributed by atoms with E-state index < -0.39 is 0 Å². The molecule has 0 radical (unpaired) electrons. The predicted octanol–water partition coefficient (Wildman–Crippen LogP) is 3.63. The molecule has 4 rings (SSSR count). The van der Waals surface area contributed by atoms with E-state index in [1.54, 1.807) is 0 Å². The molecule has 1 aromatic carbocycles. The monoisotopic (exact) mass is 290 g/mol. The Hall–Kier alpha value is -1.19. The predicted molar refractivity (Wildman–Crippen MR) is 81.9 cm³/mol. The van der Waals surface area contributed by atoms with E-state index in [0.717, 1.165) is 23.9 Å². The summed E-state index contributed by atoms with van der Waals surface area (Å²) in [5.74, 6) is 0.929. The summed E-state index contributed by atoms with van der Waals surface area (Å²) in [6.45, 7) is 6.47. The highest BCUT2D eigenvalue weighted by Gasteiger charge is 2.27. The molecule has 1 saturated heterocycles. The summed E-state index contributed by atoms with van der Waals surface area (Å²) >= 11 is 6.16. The maximum atomic E-state index is 6.16. The van der Waals surface area contributed by atoms with E-state index in [2.05, 4.69) is 22.5 Å². The number of rotatable bonds is 2. The van der Waals surface area contributed by atoms with Crippen LogP contribution in [0.1, 0.15) is 24.6 Å². The molecule has 106 valence electrons. The normalized spacial score (nSPS) is 22.4. The zero-order chi connectivity index (χ0) is 13.7. The fourth-order valence-electron chi connectivity index (χ4n) is 3.67. The third kappa shape index (κ3) is 1.92. The summed E-state index contributed by atoms with van der Waals surface area (Å²) in [5.41, 5.74) is 2.51. The SMILES string of the molecule is Cc1cc2cc(Cl)cc3c2n1C(CN1CCCC1)CO3. The van der Waals surface area contributed by atoms with Crippen LogP contribution in [0.15, 0.2) is 18.2 Å². The maximum absolute atomic E-state index is 6.16. The van der Waals surface area contributed by atoms with Crippen LogP contribution in [0.5, 0.6) is 5.75 Å². The number of aryl methyl sites for hydroxylation is 1. The van der Waals surface area contributed by atoms with Crippen molar-refractivity contribution in [1.82, 2.24) is 9.47 Å². The Bertz CT molecular complexity index is 658. The van der Waals surface area contributed by atoms with Crippen molar-refractivity contribution in [1.29, 1.82) is 0 Å². The summed E-state index contributed by atoms with van der Waals surface area (Å²) in [7, 11) is 0. The first kappa shape index (κ1) is 12.5. The van der Waals surface area contributed by atoms with E-state index in [1.165, 1.54) is 42.5 Å². The van der Waals surface area contributed by atoms with Gasteiger partial charge in [-0.05, 0) is 45.0 Å². The molecule has 3 heterocycles. The standard InChI is InChI=1S/C16H19ClN2O/c1-11-6-12-7-13(17)8-15-16(12)19(11)14(10-20-15)9-18-4-2-3-5-18/h6-8,14H,2-5,9-10H2,1H3. The zero-order valence-electron chi connectivity index (χ0n) is 11.7. The summed E-state index contributed by atoms with van der Waals surface area (Å²) in [4.78, 5) is 2.56. The molecule has 0 N–H and O–H groups in total. The smallest absolute Gasteiger partial charge is 0.145 e. The summed E-state index contributed by atoms with van der Waals surface area (Å²) < 4.78 is 8.43. The zero-order valence-corrected chi connectivity index (χ0v) is 12.5. The van der Waals surface area contributed by atoms with Crippen molar-refractivity contribution in [2.45, 2.75) is 25.8 Å². The summed E-state index contributed by atoms with van der Waals surface area (Å²) in [6.07, 6.45) is 2.67. The number of hydrogen-bond acceptors (Lipinski definition) is 2. The second-order valence-electron chi connectivity index (χ2n) is 5.97. The van der Waals surface area contributed by atoms with Crippen LogP contribution in [0, 0.1) is 6.92 Å². The van der Waals surface area contributed by atoms with Gasteiger partial charge in [0.1, 0.15) is 12.4 Å². The maximum Gasteiger partial charge on any atom is 0.145 e. The van der Waals surface area contributed by atoms with Gasteiger partial charge in [0, 0.05) is 28.7 Å². The molecule has 0 amide bonds. The van der Waals surface area contributed by atoms with Crippen LogP contribution in [0.25, 0.3) is 10.9 Å². The van der Waals surface area contributed by atoms with Crippen LogP contribution >= 0.6 is 11.6 Å². The largest absolute Gasteiger partial charge is 0.489 e. The number of ether oxygens (including phenoxy) is 1. The highest BCUT2D eigenvalue weighted by Crippen LogP contribution is 2.38. The first-order chi connectivity index (χ1) is 9.72. The average Bonchev–Trinajstić information content (AvgIpc) is 3.01. The molecule has 3 nitrogen and oxygen atoms in total. The third-order valence-electron chi connectivity index (χ3n) is 4.52. The number of nitrogens with zero attached hydrogens (tertiary/aromatic N) is 2. The van der Waals surface area contributed by atoms with Gasteiger partial charge < -0.3 is 14.2 Å². The van der Waals surface area contributed by atoms with Crippen LogP contribution in [0.4, 0.5) is 0 Å². The Labute approximate surface area is 124 Å². The Morgan fingerprint density at radius 3 is 2.85 bits per heavy atom. The molecule has 1 aromatic heterocycles. The lowest BCUT2D eigenvalue weighted by atomic mass is 10.2. The van der Waals surface area contributed by atoms with E-state index in [0.29, 0.717) is 6.04 Å². The minimum atomic E-state index is 0.416. The van der Waals surface area contributed by atoms with E-state index in [-0.39, 0.29) is 0 Å². The minimum Gasteiger partial charge on any atom is -0.489 e. The van der Waals surface area contributed by atoms with Crippen LogP contribution in [0.2, 0.25) is 5.02 Å². The lowest BCUT2D eigenvalue weighted by Gasteiger charge is -2.31. The number of aromatic nitrogens is 1. The Kier molecular flexibility index (Phi) is 2.93. The highest BCUT2D eigenvalue weighted by atomic mass is 35.5. The summed E-state index contributed by atoms with van der Waals surface area (Å²) in [6, 6.07) is 6.60. The van der Waals surface area contributed by atoms with Gasteiger partial charge in [-0.1, -0.05) is 11.6 Å². The fourth-order valence-corrected chi connectivity index (χ4v) is 3.89. The lowest BCUT2D eigenvalue weighted by Crippen LogP contribution is -2.34.